The van der Waals surface area contributed by atoms with Crippen molar-refractivity contribution < 1.29 is 4.39 Å². The van der Waals surface area contributed by atoms with E-state index in [1.165, 1.54) is 18.5 Å². The van der Waals surface area contributed by atoms with E-state index in [1.807, 2.05) is 12.1 Å². The Hall–Kier alpha value is -1.16. The van der Waals surface area contributed by atoms with Crippen molar-refractivity contribution in [2.75, 3.05) is 5.73 Å². The maximum atomic E-state index is 13.0. The highest BCUT2D eigenvalue weighted by Crippen LogP contribution is 2.29. The molecule has 0 aliphatic carbocycles. The van der Waals surface area contributed by atoms with Crippen LogP contribution in [0, 0.1) is 0 Å². The van der Waals surface area contributed by atoms with Gasteiger partial charge in [-0.05, 0) is 36.7 Å². The van der Waals surface area contributed by atoms with E-state index in [0.717, 1.165) is 10.1 Å². The SMILES string of the molecule is CC(F)c1nsc2cc(N)ccc12. The van der Waals surface area contributed by atoms with E-state index in [0.29, 0.717) is 11.4 Å². The van der Waals surface area contributed by atoms with Gasteiger partial charge in [0.2, 0.25) is 0 Å². The Morgan fingerprint density at radius 3 is 3.00 bits per heavy atom. The number of nitrogens with zero attached hydrogens (tertiary/aromatic N) is 1. The molecule has 68 valence electrons. The minimum absolute atomic E-state index is 0.514. The number of fused-ring (bicyclic) bond motifs is 1. The van der Waals surface area contributed by atoms with Crippen molar-refractivity contribution in [3.8, 4) is 0 Å². The van der Waals surface area contributed by atoms with E-state index >= 15 is 0 Å². The summed E-state index contributed by atoms with van der Waals surface area (Å²) in [7, 11) is 0. The monoisotopic (exact) mass is 196 g/mol. The smallest absolute Gasteiger partial charge is 0.141 e. The lowest BCUT2D eigenvalue weighted by Crippen LogP contribution is -1.86. The molecule has 2 N–H and O–H groups in total. The largest absolute Gasteiger partial charge is 0.399 e. The van der Waals surface area contributed by atoms with Gasteiger partial charge in [0.15, 0.2) is 0 Å². The molecular weight excluding hydrogens is 187 g/mol. The van der Waals surface area contributed by atoms with E-state index < -0.39 is 6.17 Å². The average molecular weight is 196 g/mol. The van der Waals surface area contributed by atoms with Crippen LogP contribution in [0.1, 0.15) is 18.8 Å². The van der Waals surface area contributed by atoms with Crippen molar-refractivity contribution >= 4 is 27.3 Å². The molecule has 1 aromatic carbocycles. The number of alkyl halides is 1. The molecule has 2 rings (SSSR count). The summed E-state index contributed by atoms with van der Waals surface area (Å²) in [4.78, 5) is 0. The third-order valence-corrected chi connectivity index (χ3v) is 2.72. The van der Waals surface area contributed by atoms with Gasteiger partial charge < -0.3 is 5.73 Å². The number of benzene rings is 1. The predicted molar refractivity (Wildman–Crippen MR) is 53.6 cm³/mol. The molecule has 2 aromatic rings. The maximum absolute atomic E-state index is 13.0. The highest BCUT2D eigenvalue weighted by molar-refractivity contribution is 7.13. The molecular formula is C9H9FN2S. The Bertz CT molecular complexity index is 436. The van der Waals surface area contributed by atoms with E-state index in [9.17, 15) is 4.39 Å². The first-order valence-electron chi connectivity index (χ1n) is 3.97. The molecule has 0 fully saturated rings. The van der Waals surface area contributed by atoms with Crippen LogP contribution in [-0.2, 0) is 0 Å². The van der Waals surface area contributed by atoms with Crippen LogP contribution in [0.15, 0.2) is 18.2 Å². The number of halogens is 1. The standard InChI is InChI=1S/C9H9FN2S/c1-5(10)9-7-3-2-6(11)4-8(7)13-12-9/h2-5H,11H2,1H3. The zero-order chi connectivity index (χ0) is 9.42. The fourth-order valence-corrected chi connectivity index (χ4v) is 2.16. The van der Waals surface area contributed by atoms with E-state index in [-0.39, 0.29) is 0 Å². The number of rotatable bonds is 1. The summed E-state index contributed by atoms with van der Waals surface area (Å²) in [5, 5.41) is 0.870. The first kappa shape index (κ1) is 8.44. The summed E-state index contributed by atoms with van der Waals surface area (Å²) in [6, 6.07) is 5.40. The van der Waals surface area contributed by atoms with Crippen molar-refractivity contribution in [2.45, 2.75) is 13.1 Å². The molecule has 0 amide bonds. The third kappa shape index (κ3) is 1.37. The summed E-state index contributed by atoms with van der Waals surface area (Å²) in [5.74, 6) is 0. The number of aromatic nitrogens is 1. The zero-order valence-electron chi connectivity index (χ0n) is 7.12. The lowest BCUT2D eigenvalue weighted by molar-refractivity contribution is 0.370. The Kier molecular flexibility index (Phi) is 1.92. The molecule has 0 aliphatic heterocycles. The van der Waals surface area contributed by atoms with Crippen LogP contribution >= 0.6 is 11.5 Å². The minimum Gasteiger partial charge on any atom is -0.399 e. The van der Waals surface area contributed by atoms with Gasteiger partial charge in [-0.15, -0.1) is 0 Å². The van der Waals surface area contributed by atoms with Crippen molar-refractivity contribution in [1.29, 1.82) is 0 Å². The van der Waals surface area contributed by atoms with Gasteiger partial charge in [0.1, 0.15) is 6.17 Å². The molecule has 0 radical (unpaired) electrons. The summed E-state index contributed by atoms with van der Waals surface area (Å²) in [6.45, 7) is 1.49. The summed E-state index contributed by atoms with van der Waals surface area (Å²) >= 11 is 1.29. The predicted octanol–water partition coefficient (Wildman–Crippen LogP) is 2.91. The van der Waals surface area contributed by atoms with Gasteiger partial charge in [0.05, 0.1) is 10.4 Å². The molecule has 0 aliphatic rings. The molecule has 1 aromatic heterocycles. The molecule has 4 heteroatoms. The van der Waals surface area contributed by atoms with E-state index in [1.54, 1.807) is 6.07 Å². The van der Waals surface area contributed by atoms with Crippen LogP contribution in [0.2, 0.25) is 0 Å². The number of anilines is 1. The van der Waals surface area contributed by atoms with Crippen LogP contribution in [0.4, 0.5) is 10.1 Å². The Morgan fingerprint density at radius 2 is 2.31 bits per heavy atom. The normalized spacial score (nSPS) is 13.4. The Balaban J connectivity index is 2.69. The van der Waals surface area contributed by atoms with E-state index in [4.69, 9.17) is 5.73 Å². The highest BCUT2D eigenvalue weighted by atomic mass is 32.1. The molecule has 0 saturated carbocycles. The minimum atomic E-state index is -1.02. The number of hydrogen-bond donors (Lipinski definition) is 1. The van der Waals surface area contributed by atoms with Gasteiger partial charge in [0, 0.05) is 11.1 Å². The van der Waals surface area contributed by atoms with Crippen LogP contribution in [0.3, 0.4) is 0 Å². The lowest BCUT2D eigenvalue weighted by Gasteiger charge is -1.97. The number of nitrogen functional groups attached to an aromatic ring is 1. The van der Waals surface area contributed by atoms with E-state index in [2.05, 4.69) is 4.37 Å². The summed E-state index contributed by atoms with van der Waals surface area (Å²) in [6.07, 6.45) is -1.02. The summed E-state index contributed by atoms with van der Waals surface area (Å²) in [5.41, 5.74) is 6.80. The molecule has 1 atom stereocenters. The van der Waals surface area contributed by atoms with Gasteiger partial charge in [0.25, 0.3) is 0 Å². The second kappa shape index (κ2) is 2.96. The fourth-order valence-electron chi connectivity index (χ4n) is 1.26. The Labute approximate surface area is 79.3 Å². The Morgan fingerprint density at radius 1 is 1.54 bits per heavy atom. The van der Waals surface area contributed by atoms with Crippen molar-refractivity contribution in [3.63, 3.8) is 0 Å². The van der Waals surface area contributed by atoms with Crippen LogP contribution < -0.4 is 5.73 Å². The first-order valence-corrected chi connectivity index (χ1v) is 4.74. The zero-order valence-corrected chi connectivity index (χ0v) is 7.94. The van der Waals surface area contributed by atoms with Crippen LogP contribution in [0.5, 0.6) is 0 Å². The molecule has 0 bridgehead atoms. The average Bonchev–Trinajstić information content (AvgIpc) is 2.46. The highest BCUT2D eigenvalue weighted by Gasteiger charge is 2.11. The second-order valence-electron chi connectivity index (χ2n) is 2.94. The second-order valence-corrected chi connectivity index (χ2v) is 3.74. The first-order chi connectivity index (χ1) is 6.18. The van der Waals surface area contributed by atoms with Gasteiger partial charge in [-0.3, -0.25) is 0 Å². The molecule has 0 saturated heterocycles. The molecule has 1 unspecified atom stereocenters. The molecule has 0 spiro atoms. The number of nitrogens with two attached hydrogens (primary N) is 1. The van der Waals surface area contributed by atoms with Crippen molar-refractivity contribution in [2.24, 2.45) is 0 Å². The number of hydrogen-bond acceptors (Lipinski definition) is 3. The molecule has 13 heavy (non-hydrogen) atoms. The van der Waals surface area contributed by atoms with Crippen LogP contribution in [-0.4, -0.2) is 4.37 Å². The van der Waals surface area contributed by atoms with Crippen molar-refractivity contribution in [1.82, 2.24) is 4.37 Å². The quantitative estimate of drug-likeness (QED) is 0.712. The third-order valence-electron chi connectivity index (χ3n) is 1.90. The molecule has 1 heterocycles. The van der Waals surface area contributed by atoms with Gasteiger partial charge in [-0.2, -0.15) is 4.37 Å². The van der Waals surface area contributed by atoms with Gasteiger partial charge >= 0.3 is 0 Å². The molecule has 2 nitrogen and oxygen atoms in total. The topological polar surface area (TPSA) is 38.9 Å². The van der Waals surface area contributed by atoms with Gasteiger partial charge in [-0.1, -0.05) is 0 Å². The maximum Gasteiger partial charge on any atom is 0.141 e. The fraction of sp³-hybridized carbons (Fsp3) is 0.222. The van der Waals surface area contributed by atoms with Crippen molar-refractivity contribution in [3.05, 3.63) is 23.9 Å². The summed E-state index contributed by atoms with van der Waals surface area (Å²) < 4.78 is 18.0. The van der Waals surface area contributed by atoms with Crippen LogP contribution in [0.25, 0.3) is 10.1 Å². The van der Waals surface area contributed by atoms with Gasteiger partial charge in [-0.25, -0.2) is 4.39 Å². The lowest BCUT2D eigenvalue weighted by atomic mass is 10.1.